The van der Waals surface area contributed by atoms with E-state index in [1.54, 1.807) is 12.1 Å². The van der Waals surface area contributed by atoms with Gasteiger partial charge in [0, 0.05) is 5.56 Å². The van der Waals surface area contributed by atoms with Gasteiger partial charge in [-0.1, -0.05) is 24.3 Å². The molecule has 116 valence electrons. The Labute approximate surface area is 130 Å². The van der Waals surface area contributed by atoms with Gasteiger partial charge in [0.15, 0.2) is 0 Å². The number of carbonyl (C=O) groups excluding carboxylic acids is 1. The molecule has 0 atom stereocenters. The van der Waals surface area contributed by atoms with E-state index in [0.29, 0.717) is 12.4 Å². The van der Waals surface area contributed by atoms with Gasteiger partial charge in [0.1, 0.15) is 18.1 Å². The third kappa shape index (κ3) is 3.79. The molecule has 0 amide bonds. The molecule has 0 saturated heterocycles. The van der Waals surface area contributed by atoms with Crippen molar-refractivity contribution in [2.45, 2.75) is 27.4 Å². The van der Waals surface area contributed by atoms with Crippen molar-refractivity contribution >= 4 is 6.16 Å². The van der Waals surface area contributed by atoms with Crippen molar-refractivity contribution in [1.82, 2.24) is 0 Å². The lowest BCUT2D eigenvalue weighted by Gasteiger charge is -2.13. The second kappa shape index (κ2) is 6.98. The van der Waals surface area contributed by atoms with E-state index in [-0.39, 0.29) is 0 Å². The predicted octanol–water partition coefficient (Wildman–Crippen LogP) is 4.34. The van der Waals surface area contributed by atoms with Crippen molar-refractivity contribution in [2.75, 3.05) is 7.11 Å². The fourth-order valence-corrected chi connectivity index (χ4v) is 2.10. The van der Waals surface area contributed by atoms with Crippen molar-refractivity contribution in [1.29, 1.82) is 0 Å². The SMILES string of the molecule is COC(=O)Oc1ccccc1COc1cc(C)c(C)cc1C. The van der Waals surface area contributed by atoms with Crippen LogP contribution >= 0.6 is 0 Å². The molecular weight excluding hydrogens is 280 g/mol. The van der Waals surface area contributed by atoms with E-state index >= 15 is 0 Å². The Hall–Kier alpha value is -2.49. The largest absolute Gasteiger partial charge is 0.513 e. The van der Waals surface area contributed by atoms with Gasteiger partial charge in [-0.15, -0.1) is 0 Å². The summed E-state index contributed by atoms with van der Waals surface area (Å²) in [4.78, 5) is 11.3. The lowest BCUT2D eigenvalue weighted by Crippen LogP contribution is -2.09. The zero-order valence-electron chi connectivity index (χ0n) is 13.3. The Morgan fingerprint density at radius 2 is 1.64 bits per heavy atom. The maximum Gasteiger partial charge on any atom is 0.513 e. The molecule has 22 heavy (non-hydrogen) atoms. The topological polar surface area (TPSA) is 44.8 Å². The number of carbonyl (C=O) groups is 1. The van der Waals surface area contributed by atoms with Gasteiger partial charge in [-0.25, -0.2) is 4.79 Å². The number of aryl methyl sites for hydroxylation is 3. The molecule has 0 unspecified atom stereocenters. The number of methoxy groups -OCH3 is 1. The van der Waals surface area contributed by atoms with Crippen LogP contribution in [0.25, 0.3) is 0 Å². The van der Waals surface area contributed by atoms with Gasteiger partial charge in [-0.05, 0) is 49.6 Å². The summed E-state index contributed by atoms with van der Waals surface area (Å²) >= 11 is 0. The monoisotopic (exact) mass is 300 g/mol. The second-order valence-corrected chi connectivity index (χ2v) is 5.15. The highest BCUT2D eigenvalue weighted by Crippen LogP contribution is 2.25. The van der Waals surface area contributed by atoms with Gasteiger partial charge < -0.3 is 14.2 Å². The minimum Gasteiger partial charge on any atom is -0.488 e. The summed E-state index contributed by atoms with van der Waals surface area (Å²) in [6, 6.07) is 11.4. The first-order valence-electron chi connectivity index (χ1n) is 7.05. The first kappa shape index (κ1) is 15.9. The Balaban J connectivity index is 2.15. The molecule has 4 heteroatoms. The van der Waals surface area contributed by atoms with E-state index in [4.69, 9.17) is 9.47 Å². The number of para-hydroxylation sites is 1. The summed E-state index contributed by atoms with van der Waals surface area (Å²) in [5, 5.41) is 0. The molecule has 2 aromatic rings. The van der Waals surface area contributed by atoms with Gasteiger partial charge >= 0.3 is 6.16 Å². The molecule has 0 fully saturated rings. The van der Waals surface area contributed by atoms with Gasteiger partial charge in [-0.2, -0.15) is 0 Å². The van der Waals surface area contributed by atoms with E-state index in [2.05, 4.69) is 24.7 Å². The number of hydrogen-bond acceptors (Lipinski definition) is 4. The fraction of sp³-hybridized carbons (Fsp3) is 0.278. The van der Waals surface area contributed by atoms with Gasteiger partial charge in [0.05, 0.1) is 7.11 Å². The fourth-order valence-electron chi connectivity index (χ4n) is 2.10. The molecule has 0 aliphatic carbocycles. The van der Waals surface area contributed by atoms with Crippen LogP contribution in [-0.4, -0.2) is 13.3 Å². The first-order chi connectivity index (χ1) is 10.5. The molecule has 2 rings (SSSR count). The summed E-state index contributed by atoms with van der Waals surface area (Å²) in [6.07, 6.45) is -0.741. The Morgan fingerprint density at radius 3 is 2.36 bits per heavy atom. The van der Waals surface area contributed by atoms with E-state index in [9.17, 15) is 4.79 Å². The van der Waals surface area contributed by atoms with Crippen LogP contribution in [-0.2, 0) is 11.3 Å². The zero-order chi connectivity index (χ0) is 16.1. The van der Waals surface area contributed by atoms with Crippen LogP contribution in [0.5, 0.6) is 11.5 Å². The molecule has 0 aliphatic heterocycles. The zero-order valence-corrected chi connectivity index (χ0v) is 13.3. The summed E-state index contributed by atoms with van der Waals surface area (Å²) in [7, 11) is 1.28. The predicted molar refractivity (Wildman–Crippen MR) is 84.5 cm³/mol. The molecular formula is C18H20O4. The number of rotatable bonds is 4. The third-order valence-electron chi connectivity index (χ3n) is 3.51. The first-order valence-corrected chi connectivity index (χ1v) is 7.05. The Kier molecular flexibility index (Phi) is 5.04. The van der Waals surface area contributed by atoms with E-state index in [1.165, 1.54) is 18.2 Å². The molecule has 0 radical (unpaired) electrons. The summed E-state index contributed by atoms with van der Waals surface area (Å²) in [5.41, 5.74) is 4.28. The van der Waals surface area contributed by atoms with E-state index in [1.807, 2.05) is 25.1 Å². The standard InChI is InChI=1S/C18H20O4/c1-12-9-14(3)17(10-13(12)2)21-11-15-7-5-6-8-16(15)22-18(19)20-4/h5-10H,11H2,1-4H3. The number of benzene rings is 2. The van der Waals surface area contributed by atoms with Crippen molar-refractivity contribution in [3.05, 3.63) is 58.7 Å². The number of hydrogen-bond donors (Lipinski definition) is 0. The molecule has 0 aliphatic rings. The highest BCUT2D eigenvalue weighted by atomic mass is 16.7. The van der Waals surface area contributed by atoms with Crippen molar-refractivity contribution < 1.29 is 19.0 Å². The van der Waals surface area contributed by atoms with Crippen molar-refractivity contribution in [2.24, 2.45) is 0 Å². The van der Waals surface area contributed by atoms with Crippen LogP contribution in [0.1, 0.15) is 22.3 Å². The lowest BCUT2D eigenvalue weighted by atomic mass is 10.1. The molecule has 2 aromatic carbocycles. The molecule has 0 bridgehead atoms. The molecule has 0 N–H and O–H groups in total. The molecule has 4 nitrogen and oxygen atoms in total. The number of ether oxygens (including phenoxy) is 3. The molecule has 0 aromatic heterocycles. The lowest BCUT2D eigenvalue weighted by molar-refractivity contribution is 0.120. The second-order valence-electron chi connectivity index (χ2n) is 5.15. The summed E-state index contributed by atoms with van der Waals surface area (Å²) in [6.45, 7) is 6.46. The highest BCUT2D eigenvalue weighted by molar-refractivity contribution is 5.64. The maximum absolute atomic E-state index is 11.3. The van der Waals surface area contributed by atoms with Crippen molar-refractivity contribution in [3.8, 4) is 11.5 Å². The molecule has 0 saturated carbocycles. The van der Waals surface area contributed by atoms with Gasteiger partial charge in [-0.3, -0.25) is 0 Å². The maximum atomic E-state index is 11.3. The van der Waals surface area contributed by atoms with Crippen LogP contribution in [0, 0.1) is 20.8 Å². The smallest absolute Gasteiger partial charge is 0.488 e. The normalized spacial score (nSPS) is 10.2. The van der Waals surface area contributed by atoms with Crippen LogP contribution in [0.2, 0.25) is 0 Å². The quantitative estimate of drug-likeness (QED) is 0.622. The van der Waals surface area contributed by atoms with Crippen LogP contribution in [0.4, 0.5) is 4.79 Å². The van der Waals surface area contributed by atoms with Gasteiger partial charge in [0.25, 0.3) is 0 Å². The van der Waals surface area contributed by atoms with Crippen LogP contribution in [0.15, 0.2) is 36.4 Å². The minimum atomic E-state index is -0.741. The summed E-state index contributed by atoms with van der Waals surface area (Å²) in [5.74, 6) is 1.27. The van der Waals surface area contributed by atoms with Crippen LogP contribution < -0.4 is 9.47 Å². The van der Waals surface area contributed by atoms with Crippen LogP contribution in [0.3, 0.4) is 0 Å². The van der Waals surface area contributed by atoms with Crippen molar-refractivity contribution in [3.63, 3.8) is 0 Å². The molecule has 0 spiro atoms. The Morgan fingerprint density at radius 1 is 0.955 bits per heavy atom. The minimum absolute atomic E-state index is 0.316. The highest BCUT2D eigenvalue weighted by Gasteiger charge is 2.10. The average molecular weight is 300 g/mol. The summed E-state index contributed by atoms with van der Waals surface area (Å²) < 4.78 is 15.5. The van der Waals surface area contributed by atoms with Gasteiger partial charge in [0.2, 0.25) is 0 Å². The average Bonchev–Trinajstić information content (AvgIpc) is 2.50. The molecule has 0 heterocycles. The third-order valence-corrected chi connectivity index (χ3v) is 3.51. The Bertz CT molecular complexity index is 677. The van der Waals surface area contributed by atoms with E-state index in [0.717, 1.165) is 16.9 Å². The van der Waals surface area contributed by atoms with E-state index < -0.39 is 6.16 Å².